The Kier molecular flexibility index (Phi) is 3.72. The first-order chi connectivity index (χ1) is 8.56. The number of allylic oxidation sites excluding steroid dienone is 1. The fourth-order valence-corrected chi connectivity index (χ4v) is 2.41. The second-order valence-corrected chi connectivity index (χ2v) is 5.18. The molecule has 2 aromatic rings. The zero-order chi connectivity index (χ0) is 13.1. The van der Waals surface area contributed by atoms with Crippen LogP contribution < -0.4 is 10.3 Å². The maximum atomic E-state index is 5.91. The van der Waals surface area contributed by atoms with Gasteiger partial charge in [-0.05, 0) is 20.8 Å². The average molecular weight is 261 g/mol. The second-order valence-electron chi connectivity index (χ2n) is 4.46. The third-order valence-electron chi connectivity index (χ3n) is 2.50. The maximum absolute atomic E-state index is 5.91. The van der Waals surface area contributed by atoms with E-state index in [1.165, 1.54) is 11.3 Å². The molecule has 0 fully saturated rings. The molecule has 94 valence electrons. The predicted octanol–water partition coefficient (Wildman–Crippen LogP) is 2.19. The van der Waals surface area contributed by atoms with Gasteiger partial charge in [-0.3, -0.25) is 0 Å². The molecule has 0 atom stereocenters. The summed E-state index contributed by atoms with van der Waals surface area (Å²) >= 11 is 1.67. The smallest absolute Gasteiger partial charge is 0.225 e. The number of hydrogen-bond acceptors (Lipinski definition) is 4. The summed E-state index contributed by atoms with van der Waals surface area (Å²) in [7, 11) is 0. The summed E-state index contributed by atoms with van der Waals surface area (Å²) in [6.07, 6.45) is 3.95. The van der Waals surface area contributed by atoms with Gasteiger partial charge in [0.05, 0.1) is 10.9 Å². The zero-order valence-electron chi connectivity index (χ0n) is 10.8. The first-order valence-corrected chi connectivity index (χ1v) is 6.69. The van der Waals surface area contributed by atoms with E-state index in [9.17, 15) is 0 Å². The van der Waals surface area contributed by atoms with Crippen molar-refractivity contribution in [3.8, 4) is 0 Å². The number of hydrogen-bond donors (Lipinski definition) is 1. The van der Waals surface area contributed by atoms with E-state index >= 15 is 0 Å². The van der Waals surface area contributed by atoms with Gasteiger partial charge < -0.3 is 5.73 Å². The number of aromatic nitrogens is 3. The van der Waals surface area contributed by atoms with Crippen molar-refractivity contribution in [1.82, 2.24) is 9.97 Å². The van der Waals surface area contributed by atoms with Gasteiger partial charge in [0.25, 0.3) is 0 Å². The number of anilines is 1. The first kappa shape index (κ1) is 12.7. The SMILES string of the molecule is CC(C)=Cc1csc[n+]1Cc1cnc(C)nc1N. The van der Waals surface area contributed by atoms with Gasteiger partial charge in [-0.15, -0.1) is 0 Å². The van der Waals surface area contributed by atoms with E-state index < -0.39 is 0 Å². The van der Waals surface area contributed by atoms with Gasteiger partial charge in [-0.1, -0.05) is 16.9 Å². The van der Waals surface area contributed by atoms with Crippen molar-refractivity contribution < 1.29 is 4.57 Å². The van der Waals surface area contributed by atoms with Gasteiger partial charge in [0, 0.05) is 12.3 Å². The lowest BCUT2D eigenvalue weighted by molar-refractivity contribution is -0.685. The molecule has 2 aromatic heterocycles. The van der Waals surface area contributed by atoms with Crippen LogP contribution in [0.3, 0.4) is 0 Å². The fraction of sp³-hybridized carbons (Fsp3) is 0.308. The van der Waals surface area contributed by atoms with E-state index in [2.05, 4.69) is 45.3 Å². The van der Waals surface area contributed by atoms with Crippen LogP contribution in [0.25, 0.3) is 6.08 Å². The Morgan fingerprint density at radius 2 is 2.28 bits per heavy atom. The Bertz CT molecular complexity index is 582. The summed E-state index contributed by atoms with van der Waals surface area (Å²) in [4.78, 5) is 8.38. The zero-order valence-corrected chi connectivity index (χ0v) is 11.7. The summed E-state index contributed by atoms with van der Waals surface area (Å²) in [6, 6.07) is 0. The van der Waals surface area contributed by atoms with Crippen LogP contribution in [0.15, 0.2) is 22.7 Å². The van der Waals surface area contributed by atoms with Crippen molar-refractivity contribution in [2.75, 3.05) is 5.73 Å². The van der Waals surface area contributed by atoms with Crippen molar-refractivity contribution in [2.24, 2.45) is 0 Å². The predicted molar refractivity (Wildman–Crippen MR) is 74.1 cm³/mol. The Balaban J connectivity index is 2.29. The molecule has 18 heavy (non-hydrogen) atoms. The van der Waals surface area contributed by atoms with Crippen LogP contribution in [0, 0.1) is 6.92 Å². The van der Waals surface area contributed by atoms with Crippen LogP contribution >= 0.6 is 11.3 Å². The molecule has 0 unspecified atom stereocenters. The number of nitrogen functional groups attached to an aromatic ring is 1. The molecule has 0 bridgehead atoms. The quantitative estimate of drug-likeness (QED) is 0.862. The van der Waals surface area contributed by atoms with Crippen LogP contribution in [-0.4, -0.2) is 9.97 Å². The summed E-state index contributed by atoms with van der Waals surface area (Å²) in [5.41, 5.74) is 11.4. The average Bonchev–Trinajstić information content (AvgIpc) is 2.69. The first-order valence-electron chi connectivity index (χ1n) is 5.75. The van der Waals surface area contributed by atoms with Crippen LogP contribution in [-0.2, 0) is 6.54 Å². The molecule has 0 radical (unpaired) electrons. The molecule has 0 spiro atoms. The molecular formula is C13H17N4S+. The number of nitrogens with zero attached hydrogens (tertiary/aromatic N) is 3. The summed E-state index contributed by atoms with van der Waals surface area (Å²) in [6.45, 7) is 6.72. The second kappa shape index (κ2) is 5.27. The number of aryl methyl sites for hydroxylation is 1. The molecule has 0 amide bonds. The summed E-state index contributed by atoms with van der Waals surface area (Å²) in [5.74, 6) is 1.26. The van der Waals surface area contributed by atoms with E-state index in [1.807, 2.05) is 6.92 Å². The highest BCUT2D eigenvalue weighted by Crippen LogP contribution is 2.10. The summed E-state index contributed by atoms with van der Waals surface area (Å²) < 4.78 is 2.15. The number of nitrogens with two attached hydrogens (primary N) is 1. The molecule has 0 saturated heterocycles. The molecule has 2 rings (SSSR count). The largest absolute Gasteiger partial charge is 0.383 e. The van der Waals surface area contributed by atoms with Crippen LogP contribution in [0.1, 0.15) is 30.9 Å². The minimum atomic E-state index is 0.560. The van der Waals surface area contributed by atoms with Crippen LogP contribution in [0.5, 0.6) is 0 Å². The van der Waals surface area contributed by atoms with E-state index in [4.69, 9.17) is 5.73 Å². The summed E-state index contributed by atoms with van der Waals surface area (Å²) in [5, 5.41) is 2.12. The Hall–Kier alpha value is -1.75. The molecule has 4 nitrogen and oxygen atoms in total. The van der Waals surface area contributed by atoms with Crippen molar-refractivity contribution >= 4 is 23.2 Å². The Morgan fingerprint density at radius 1 is 1.50 bits per heavy atom. The highest BCUT2D eigenvalue weighted by Gasteiger charge is 2.13. The number of rotatable bonds is 3. The van der Waals surface area contributed by atoms with Gasteiger partial charge in [0.1, 0.15) is 11.6 Å². The lowest BCUT2D eigenvalue weighted by Crippen LogP contribution is -2.35. The molecule has 2 N–H and O–H groups in total. The Morgan fingerprint density at radius 3 is 2.94 bits per heavy atom. The van der Waals surface area contributed by atoms with Crippen LogP contribution in [0.4, 0.5) is 5.82 Å². The normalized spacial score (nSPS) is 10.4. The van der Waals surface area contributed by atoms with E-state index in [-0.39, 0.29) is 0 Å². The van der Waals surface area contributed by atoms with E-state index in [0.29, 0.717) is 18.2 Å². The monoisotopic (exact) mass is 261 g/mol. The molecule has 0 aliphatic rings. The topological polar surface area (TPSA) is 55.7 Å². The molecule has 0 aliphatic carbocycles. The van der Waals surface area contributed by atoms with Crippen molar-refractivity contribution in [3.05, 3.63) is 39.7 Å². The minimum Gasteiger partial charge on any atom is -0.383 e. The van der Waals surface area contributed by atoms with Crippen molar-refractivity contribution in [2.45, 2.75) is 27.3 Å². The van der Waals surface area contributed by atoms with Gasteiger partial charge in [-0.25, -0.2) is 9.97 Å². The highest BCUT2D eigenvalue weighted by atomic mass is 32.1. The third-order valence-corrected chi connectivity index (χ3v) is 3.26. The van der Waals surface area contributed by atoms with E-state index in [0.717, 1.165) is 5.56 Å². The molecule has 5 heteroatoms. The van der Waals surface area contributed by atoms with Crippen molar-refractivity contribution in [1.29, 1.82) is 0 Å². The lowest BCUT2D eigenvalue weighted by atomic mass is 10.2. The van der Waals surface area contributed by atoms with Crippen LogP contribution in [0.2, 0.25) is 0 Å². The van der Waals surface area contributed by atoms with Gasteiger partial charge in [0.15, 0.2) is 6.54 Å². The minimum absolute atomic E-state index is 0.560. The fourth-order valence-electron chi connectivity index (χ4n) is 1.66. The van der Waals surface area contributed by atoms with Gasteiger partial charge in [-0.2, -0.15) is 4.57 Å². The third kappa shape index (κ3) is 2.92. The van der Waals surface area contributed by atoms with Crippen molar-refractivity contribution in [3.63, 3.8) is 0 Å². The molecule has 2 heterocycles. The van der Waals surface area contributed by atoms with E-state index in [1.54, 1.807) is 17.5 Å². The highest BCUT2D eigenvalue weighted by molar-refractivity contribution is 7.07. The van der Waals surface area contributed by atoms with Gasteiger partial charge in [0.2, 0.25) is 11.2 Å². The number of thiazole rings is 1. The standard InChI is InChI=1S/C13H17N4S/c1-9(2)4-12-7-18-8-17(12)6-11-5-15-10(3)16-13(11)14/h4-5,7-8H,6H2,1-3H3,(H2,14,15,16)/q+1. The molecular weight excluding hydrogens is 244 g/mol. The molecule has 0 aliphatic heterocycles. The maximum Gasteiger partial charge on any atom is 0.225 e. The molecule has 0 saturated carbocycles. The Labute approximate surface area is 111 Å². The lowest BCUT2D eigenvalue weighted by Gasteiger charge is -2.01. The molecule has 0 aromatic carbocycles. The van der Waals surface area contributed by atoms with Gasteiger partial charge >= 0.3 is 0 Å².